The molecule has 1 aromatic heterocycles. The van der Waals surface area contributed by atoms with Crippen LogP contribution in [-0.2, 0) is 17.5 Å². The van der Waals surface area contributed by atoms with Gasteiger partial charge in [-0.3, -0.25) is 4.79 Å². The van der Waals surface area contributed by atoms with Crippen molar-refractivity contribution in [2.45, 2.75) is 44.1 Å². The fraction of sp³-hybridized carbons (Fsp3) is 0.538. The monoisotopic (exact) mass is 314 g/mol. The predicted octanol–water partition coefficient (Wildman–Crippen LogP) is 2.67. The summed E-state index contributed by atoms with van der Waals surface area (Å²) in [5, 5.41) is 13.5. The molecule has 6 nitrogen and oxygen atoms in total. The molecule has 1 N–H and O–H groups in total. The summed E-state index contributed by atoms with van der Waals surface area (Å²) in [5.74, 6) is 0.962. The van der Waals surface area contributed by atoms with Crippen molar-refractivity contribution in [1.29, 1.82) is 0 Å². The lowest BCUT2D eigenvalue weighted by Gasteiger charge is -2.08. The van der Waals surface area contributed by atoms with Crippen molar-refractivity contribution in [2.24, 2.45) is 10.2 Å². The van der Waals surface area contributed by atoms with Gasteiger partial charge in [0.15, 0.2) is 5.66 Å². The molecule has 2 rings (SSSR count). The van der Waals surface area contributed by atoms with Gasteiger partial charge in [-0.25, -0.2) is 0 Å². The zero-order chi connectivity index (χ0) is 16.2. The average Bonchev–Trinajstić information content (AvgIpc) is 3.05. The number of nitrogens with zero attached hydrogens (tertiary/aromatic N) is 3. The zero-order valence-corrected chi connectivity index (χ0v) is 11.5. The maximum atomic E-state index is 12.3. The van der Waals surface area contributed by atoms with Gasteiger partial charge in [0.05, 0.1) is 6.54 Å². The van der Waals surface area contributed by atoms with Crippen molar-refractivity contribution in [3.05, 3.63) is 17.5 Å². The largest absolute Gasteiger partial charge is 0.452 e. The number of rotatable bonds is 7. The summed E-state index contributed by atoms with van der Waals surface area (Å²) in [5.41, 5.74) is -0.551. The summed E-state index contributed by atoms with van der Waals surface area (Å²) < 4.78 is 41.1. The quantitative estimate of drug-likeness (QED) is 0.786. The van der Waals surface area contributed by atoms with E-state index in [1.165, 1.54) is 0 Å². The molecule has 0 saturated carbocycles. The smallest absolute Gasteiger partial charge is 0.351 e. The van der Waals surface area contributed by atoms with E-state index in [0.29, 0.717) is 19.3 Å². The van der Waals surface area contributed by atoms with Crippen LogP contribution in [0.2, 0.25) is 0 Å². The van der Waals surface area contributed by atoms with Gasteiger partial charge >= 0.3 is 6.18 Å². The Morgan fingerprint density at radius 1 is 1.41 bits per heavy atom. The Kier molecular flexibility index (Phi) is 4.49. The predicted molar refractivity (Wildman–Crippen MR) is 68.2 cm³/mol. The molecule has 22 heavy (non-hydrogen) atoms. The van der Waals surface area contributed by atoms with Gasteiger partial charge in [-0.2, -0.15) is 23.4 Å². The van der Waals surface area contributed by atoms with Crippen LogP contribution in [0, 0.1) is 12.3 Å². The first kappa shape index (κ1) is 16.0. The van der Waals surface area contributed by atoms with Crippen LogP contribution >= 0.6 is 0 Å². The Morgan fingerprint density at radius 2 is 2.14 bits per heavy atom. The van der Waals surface area contributed by atoms with Gasteiger partial charge in [-0.05, 0) is 0 Å². The molecule has 0 aliphatic carbocycles. The van der Waals surface area contributed by atoms with Gasteiger partial charge < -0.3 is 9.84 Å². The van der Waals surface area contributed by atoms with Gasteiger partial charge in [0.2, 0.25) is 11.7 Å². The van der Waals surface area contributed by atoms with Crippen LogP contribution in [0.5, 0.6) is 0 Å². The molecule has 1 aliphatic heterocycles. The summed E-state index contributed by atoms with van der Waals surface area (Å²) in [6.07, 6.45) is 2.26. The molecular weight excluding hydrogens is 301 g/mol. The number of hydrogen-bond acceptors (Lipinski definition) is 5. The van der Waals surface area contributed by atoms with E-state index >= 15 is 0 Å². The number of carbonyl (C=O) groups is 1. The lowest BCUT2D eigenvalue weighted by molar-refractivity contribution is -0.155. The van der Waals surface area contributed by atoms with Crippen molar-refractivity contribution >= 4 is 5.91 Å². The summed E-state index contributed by atoms with van der Waals surface area (Å²) in [6.45, 7) is -0.135. The van der Waals surface area contributed by atoms with Crippen LogP contribution < -0.4 is 5.32 Å². The maximum Gasteiger partial charge on any atom is 0.452 e. The first-order valence-electron chi connectivity index (χ1n) is 6.52. The van der Waals surface area contributed by atoms with Crippen LogP contribution in [0.3, 0.4) is 0 Å². The third-order valence-electron chi connectivity index (χ3n) is 3.11. The molecule has 0 aromatic carbocycles. The highest BCUT2D eigenvalue weighted by Crippen LogP contribution is 2.37. The topological polar surface area (TPSA) is 79.9 Å². The van der Waals surface area contributed by atoms with Crippen LogP contribution in [0.25, 0.3) is 0 Å². The zero-order valence-electron chi connectivity index (χ0n) is 11.5. The number of nitrogens with one attached hydrogen (secondary N) is 1. The molecule has 0 fully saturated rings. The molecule has 0 bridgehead atoms. The summed E-state index contributed by atoms with van der Waals surface area (Å²) in [4.78, 5) is 11.7. The van der Waals surface area contributed by atoms with E-state index in [9.17, 15) is 18.0 Å². The minimum absolute atomic E-state index is 0.00326. The molecule has 0 atom stereocenters. The molecule has 0 unspecified atom stereocenters. The number of terminal acetylenes is 1. The lowest BCUT2D eigenvalue weighted by atomic mass is 10.0. The van der Waals surface area contributed by atoms with E-state index in [1.54, 1.807) is 0 Å². The van der Waals surface area contributed by atoms with Crippen LogP contribution in [0.15, 0.2) is 20.8 Å². The van der Waals surface area contributed by atoms with Gasteiger partial charge in [-0.15, -0.1) is 12.3 Å². The van der Waals surface area contributed by atoms with Crippen molar-refractivity contribution in [2.75, 3.05) is 0 Å². The number of hydrogen-bond donors (Lipinski definition) is 1. The second kappa shape index (κ2) is 6.17. The van der Waals surface area contributed by atoms with Crippen LogP contribution in [0.1, 0.15) is 37.1 Å². The summed E-state index contributed by atoms with van der Waals surface area (Å²) in [6, 6.07) is 0.750. The molecular formula is C13H13F3N4O2. The first-order chi connectivity index (χ1) is 10.3. The average molecular weight is 314 g/mol. The van der Waals surface area contributed by atoms with E-state index in [4.69, 9.17) is 6.42 Å². The van der Waals surface area contributed by atoms with Crippen molar-refractivity contribution < 1.29 is 22.5 Å². The Morgan fingerprint density at radius 3 is 2.68 bits per heavy atom. The molecule has 2 heterocycles. The molecule has 9 heteroatoms. The van der Waals surface area contributed by atoms with Crippen molar-refractivity contribution in [3.8, 4) is 12.3 Å². The number of alkyl halides is 3. The Balaban J connectivity index is 1.72. The second-order valence-corrected chi connectivity index (χ2v) is 4.84. The third-order valence-corrected chi connectivity index (χ3v) is 3.11. The summed E-state index contributed by atoms with van der Waals surface area (Å²) in [7, 11) is 0. The number of amides is 1. The molecule has 1 aliphatic rings. The standard InChI is InChI=1S/C13H13F3N4O2/c1-2-3-5-12(19-20-12)6-4-11(21)17-8-9-7-10(22-18-9)13(14,15)16/h1,7H,3-6,8H2,(H,17,21). The van der Waals surface area contributed by atoms with E-state index in [1.807, 2.05) is 0 Å². The highest BCUT2D eigenvalue weighted by Gasteiger charge is 2.39. The molecule has 0 radical (unpaired) electrons. The van der Waals surface area contributed by atoms with Gasteiger partial charge in [-0.1, -0.05) is 5.16 Å². The normalized spacial score (nSPS) is 15.4. The molecule has 118 valence electrons. The van der Waals surface area contributed by atoms with E-state index < -0.39 is 17.6 Å². The fourth-order valence-corrected chi connectivity index (χ4v) is 1.79. The number of halogens is 3. The highest BCUT2D eigenvalue weighted by atomic mass is 19.4. The maximum absolute atomic E-state index is 12.3. The molecule has 1 amide bonds. The first-order valence-corrected chi connectivity index (χ1v) is 6.52. The lowest BCUT2D eigenvalue weighted by Crippen LogP contribution is -2.25. The Bertz CT molecular complexity index is 610. The van der Waals surface area contributed by atoms with Crippen LogP contribution in [-0.4, -0.2) is 16.7 Å². The minimum atomic E-state index is -4.59. The van der Waals surface area contributed by atoms with Crippen LogP contribution in [0.4, 0.5) is 13.2 Å². The fourth-order valence-electron chi connectivity index (χ4n) is 1.79. The molecule has 1 aromatic rings. The van der Waals surface area contributed by atoms with Gasteiger partial charge in [0, 0.05) is 31.7 Å². The summed E-state index contributed by atoms with van der Waals surface area (Å²) >= 11 is 0. The Labute approximate surface area is 124 Å². The third kappa shape index (κ3) is 4.31. The number of aromatic nitrogens is 1. The van der Waals surface area contributed by atoms with E-state index in [0.717, 1.165) is 6.07 Å². The highest BCUT2D eigenvalue weighted by molar-refractivity contribution is 5.75. The van der Waals surface area contributed by atoms with Crippen molar-refractivity contribution in [3.63, 3.8) is 0 Å². The van der Waals surface area contributed by atoms with E-state index in [2.05, 4.69) is 31.1 Å². The van der Waals surface area contributed by atoms with E-state index in [-0.39, 0.29) is 24.6 Å². The van der Waals surface area contributed by atoms with Gasteiger partial charge in [0.25, 0.3) is 0 Å². The minimum Gasteiger partial charge on any atom is -0.351 e. The van der Waals surface area contributed by atoms with Crippen molar-refractivity contribution in [1.82, 2.24) is 10.5 Å². The SMILES string of the molecule is C#CCCC1(CCC(=O)NCc2cc(C(F)(F)F)on2)N=N1. The Hall–Kier alpha value is -2.37. The number of carbonyl (C=O) groups excluding carboxylic acids is 1. The molecule has 0 saturated heterocycles. The van der Waals surface area contributed by atoms with Gasteiger partial charge in [0.1, 0.15) is 5.69 Å². The second-order valence-electron chi connectivity index (χ2n) is 4.84. The molecule has 0 spiro atoms.